The van der Waals surface area contributed by atoms with E-state index in [4.69, 9.17) is 14.7 Å². The van der Waals surface area contributed by atoms with Crippen molar-refractivity contribution < 1.29 is 9.13 Å². The Hall–Kier alpha value is -3.65. The van der Waals surface area contributed by atoms with Crippen LogP contribution >= 0.6 is 0 Å². The molecule has 0 unspecified atom stereocenters. The molecule has 144 valence electrons. The molecule has 0 N–H and O–H groups in total. The van der Waals surface area contributed by atoms with Gasteiger partial charge in [-0.15, -0.1) is 0 Å². The van der Waals surface area contributed by atoms with Crippen LogP contribution < -0.4 is 5.56 Å². The minimum atomic E-state index is -0.389. The fraction of sp³-hybridized carbons (Fsp3) is 0.143. The summed E-state index contributed by atoms with van der Waals surface area (Å²) < 4.78 is 22.2. The van der Waals surface area contributed by atoms with Crippen LogP contribution in [0.5, 0.6) is 0 Å². The van der Waals surface area contributed by atoms with Crippen molar-refractivity contribution in [2.75, 3.05) is 13.7 Å². The molecule has 5 rings (SSSR count). The second-order valence-electron chi connectivity index (χ2n) is 6.63. The van der Waals surface area contributed by atoms with Crippen molar-refractivity contribution >= 4 is 33.2 Å². The molecule has 0 bridgehead atoms. The lowest BCUT2D eigenvalue weighted by Crippen LogP contribution is -2.22. The number of fused-ring (bicyclic) bond motifs is 4. The number of rotatable bonds is 4. The Kier molecular flexibility index (Phi) is 4.06. The maximum absolute atomic E-state index is 13.9. The average molecular weight is 389 g/mol. The molecule has 29 heavy (non-hydrogen) atoms. The van der Waals surface area contributed by atoms with Gasteiger partial charge in [0, 0.05) is 7.11 Å². The second kappa shape index (κ2) is 6.75. The van der Waals surface area contributed by atoms with Gasteiger partial charge in [-0.05, 0) is 30.3 Å². The number of nitrogens with zero attached hydrogens (tertiary/aromatic N) is 5. The SMILES string of the molecule is COCCn1cnc2c(c1=O)c1nc3ccccc3nc1n2-c1cccc(F)c1. The van der Waals surface area contributed by atoms with Gasteiger partial charge in [-0.25, -0.2) is 19.3 Å². The third kappa shape index (κ3) is 2.76. The summed E-state index contributed by atoms with van der Waals surface area (Å²) in [6.45, 7) is 0.746. The summed E-state index contributed by atoms with van der Waals surface area (Å²) in [6, 6.07) is 13.5. The third-order valence-electron chi connectivity index (χ3n) is 4.83. The van der Waals surface area contributed by atoms with E-state index < -0.39 is 0 Å². The lowest BCUT2D eigenvalue weighted by Gasteiger charge is -2.07. The van der Waals surface area contributed by atoms with E-state index in [0.717, 1.165) is 0 Å². The molecule has 3 aromatic heterocycles. The fourth-order valence-electron chi connectivity index (χ4n) is 3.48. The largest absolute Gasteiger partial charge is 0.383 e. The molecule has 0 amide bonds. The minimum absolute atomic E-state index is 0.239. The van der Waals surface area contributed by atoms with Crippen LogP contribution in [0.4, 0.5) is 4.39 Å². The van der Waals surface area contributed by atoms with E-state index in [1.165, 1.54) is 23.0 Å². The molecule has 0 saturated heterocycles. The summed E-state index contributed by atoms with van der Waals surface area (Å²) in [4.78, 5) is 27.1. The van der Waals surface area contributed by atoms with Gasteiger partial charge in [0.05, 0.1) is 29.9 Å². The smallest absolute Gasteiger partial charge is 0.265 e. The highest BCUT2D eigenvalue weighted by Gasteiger charge is 2.20. The fourth-order valence-corrected chi connectivity index (χ4v) is 3.48. The molecule has 7 nitrogen and oxygen atoms in total. The van der Waals surface area contributed by atoms with Crippen molar-refractivity contribution in [3.8, 4) is 5.69 Å². The maximum Gasteiger partial charge on any atom is 0.265 e. The van der Waals surface area contributed by atoms with Gasteiger partial charge in [0.1, 0.15) is 23.0 Å². The number of para-hydroxylation sites is 2. The normalized spacial score (nSPS) is 11.7. The number of hydrogen-bond donors (Lipinski definition) is 0. The first kappa shape index (κ1) is 17.4. The predicted octanol–water partition coefficient (Wildman–Crippen LogP) is 3.07. The zero-order valence-electron chi connectivity index (χ0n) is 15.5. The van der Waals surface area contributed by atoms with Crippen molar-refractivity contribution in [2.45, 2.75) is 6.54 Å². The van der Waals surface area contributed by atoms with Crippen LogP contribution in [0.25, 0.3) is 38.9 Å². The highest BCUT2D eigenvalue weighted by Crippen LogP contribution is 2.28. The van der Waals surface area contributed by atoms with Crippen LogP contribution in [0.3, 0.4) is 0 Å². The quantitative estimate of drug-likeness (QED) is 0.472. The van der Waals surface area contributed by atoms with Gasteiger partial charge in [-0.3, -0.25) is 13.9 Å². The molecule has 0 spiro atoms. The first-order valence-electron chi connectivity index (χ1n) is 9.08. The predicted molar refractivity (Wildman–Crippen MR) is 108 cm³/mol. The number of aromatic nitrogens is 5. The van der Waals surface area contributed by atoms with E-state index in [9.17, 15) is 9.18 Å². The molecule has 8 heteroatoms. The topological polar surface area (TPSA) is 74.8 Å². The van der Waals surface area contributed by atoms with E-state index in [-0.39, 0.29) is 11.4 Å². The number of benzene rings is 2. The third-order valence-corrected chi connectivity index (χ3v) is 4.83. The zero-order valence-corrected chi connectivity index (χ0v) is 15.5. The Labute approximate surface area is 164 Å². The maximum atomic E-state index is 13.9. The highest BCUT2D eigenvalue weighted by atomic mass is 19.1. The lowest BCUT2D eigenvalue weighted by molar-refractivity contribution is 0.186. The Morgan fingerprint density at radius 2 is 1.83 bits per heavy atom. The summed E-state index contributed by atoms with van der Waals surface area (Å²) in [7, 11) is 1.57. The van der Waals surface area contributed by atoms with Gasteiger partial charge in [0.25, 0.3) is 5.56 Å². The summed E-state index contributed by atoms with van der Waals surface area (Å²) in [5.41, 5.74) is 2.92. The molecular formula is C21H16FN5O2. The lowest BCUT2D eigenvalue weighted by atomic mass is 10.3. The van der Waals surface area contributed by atoms with Crippen molar-refractivity contribution in [2.24, 2.45) is 0 Å². The monoisotopic (exact) mass is 389 g/mol. The molecule has 0 saturated carbocycles. The van der Waals surface area contributed by atoms with Gasteiger partial charge in [0.2, 0.25) is 0 Å². The molecule has 5 aromatic rings. The van der Waals surface area contributed by atoms with Gasteiger partial charge >= 0.3 is 0 Å². The van der Waals surface area contributed by atoms with Crippen molar-refractivity contribution in [1.29, 1.82) is 0 Å². The molecule has 0 fully saturated rings. The van der Waals surface area contributed by atoms with Gasteiger partial charge < -0.3 is 4.74 Å². The van der Waals surface area contributed by atoms with Crippen LogP contribution in [0.15, 0.2) is 59.7 Å². The van der Waals surface area contributed by atoms with Gasteiger partial charge in [0.15, 0.2) is 11.3 Å². The van der Waals surface area contributed by atoms with Crippen LogP contribution in [-0.4, -0.2) is 37.8 Å². The Morgan fingerprint density at radius 3 is 2.59 bits per heavy atom. The highest BCUT2D eigenvalue weighted by molar-refractivity contribution is 6.05. The second-order valence-corrected chi connectivity index (χ2v) is 6.63. The van der Waals surface area contributed by atoms with Crippen LogP contribution in [0, 0.1) is 5.82 Å². The van der Waals surface area contributed by atoms with E-state index in [1.807, 2.05) is 24.3 Å². The summed E-state index contributed by atoms with van der Waals surface area (Å²) >= 11 is 0. The first-order chi connectivity index (χ1) is 14.2. The Morgan fingerprint density at radius 1 is 1.03 bits per heavy atom. The van der Waals surface area contributed by atoms with Gasteiger partial charge in [-0.1, -0.05) is 18.2 Å². The molecule has 0 aliphatic rings. The number of hydrogen-bond acceptors (Lipinski definition) is 5. The van der Waals surface area contributed by atoms with E-state index >= 15 is 0 Å². The molecule has 2 aromatic carbocycles. The van der Waals surface area contributed by atoms with Crippen LogP contribution in [-0.2, 0) is 11.3 Å². The minimum Gasteiger partial charge on any atom is -0.383 e. The molecular weight excluding hydrogens is 373 g/mol. The number of halogens is 1. The Balaban J connectivity index is 1.94. The zero-order chi connectivity index (χ0) is 20.0. The van der Waals surface area contributed by atoms with E-state index in [0.29, 0.717) is 52.1 Å². The molecule has 0 aliphatic heterocycles. The molecule has 0 radical (unpaired) electrons. The van der Waals surface area contributed by atoms with Gasteiger partial charge in [-0.2, -0.15) is 0 Å². The van der Waals surface area contributed by atoms with Crippen LogP contribution in [0.1, 0.15) is 0 Å². The summed E-state index contributed by atoms with van der Waals surface area (Å²) in [5.74, 6) is -0.389. The summed E-state index contributed by atoms with van der Waals surface area (Å²) in [5, 5.41) is 0.348. The van der Waals surface area contributed by atoms with Crippen molar-refractivity contribution in [3.05, 3.63) is 71.0 Å². The van der Waals surface area contributed by atoms with E-state index in [1.54, 1.807) is 23.8 Å². The molecule has 0 aliphatic carbocycles. The van der Waals surface area contributed by atoms with E-state index in [2.05, 4.69) is 4.98 Å². The molecule has 0 atom stereocenters. The summed E-state index contributed by atoms with van der Waals surface area (Å²) in [6.07, 6.45) is 1.47. The van der Waals surface area contributed by atoms with Crippen molar-refractivity contribution in [1.82, 2.24) is 24.1 Å². The molecule has 3 heterocycles. The average Bonchev–Trinajstić information content (AvgIpc) is 3.05. The van der Waals surface area contributed by atoms with Crippen LogP contribution in [0.2, 0.25) is 0 Å². The number of methoxy groups -OCH3 is 1. The van der Waals surface area contributed by atoms with Crippen molar-refractivity contribution in [3.63, 3.8) is 0 Å². The Bertz CT molecular complexity index is 1440. The number of ether oxygens (including phenoxy) is 1. The standard InChI is InChI=1S/C21H16FN5O2/c1-29-10-9-26-12-23-19-17(21(26)28)18-20(25-16-8-3-2-7-15(16)24-18)27(19)14-6-4-5-13(22)11-14/h2-8,11-12H,9-10H2,1H3. The first-order valence-corrected chi connectivity index (χ1v) is 9.08.